The molecule has 1 unspecified atom stereocenters. The van der Waals surface area contributed by atoms with Gasteiger partial charge in [0.1, 0.15) is 17.9 Å². The SMILES string of the molecule is Cc1c(-c2ccn(C[C@H](C)c3oc(C(C)O)nc3C(N)=O)n2)ccc(C#N)c1Cl. The highest BCUT2D eigenvalue weighted by Crippen LogP contribution is 2.30. The van der Waals surface area contributed by atoms with E-state index in [1.54, 1.807) is 16.9 Å². The predicted octanol–water partition coefficient (Wildman–Crippen LogP) is 3.33. The molecule has 0 radical (unpaired) electrons. The first-order chi connectivity index (χ1) is 13.7. The standard InChI is InChI=1S/C20H20ClN5O3/c1-10(18-17(19(23)28)24-20(29-18)12(3)27)9-26-7-6-15(25-26)14-5-4-13(8-22)16(21)11(14)2/h4-7,10,12,27H,9H2,1-3H3,(H2,23,28)/t10-,12?/m0/s1. The van der Waals surface area contributed by atoms with Crippen molar-refractivity contribution in [1.82, 2.24) is 14.8 Å². The van der Waals surface area contributed by atoms with Crippen LogP contribution >= 0.6 is 11.6 Å². The summed E-state index contributed by atoms with van der Waals surface area (Å²) in [4.78, 5) is 15.7. The first kappa shape index (κ1) is 20.6. The van der Waals surface area contributed by atoms with Gasteiger partial charge < -0.3 is 15.3 Å². The number of aliphatic hydroxyl groups excluding tert-OH is 1. The Balaban J connectivity index is 1.87. The highest BCUT2D eigenvalue weighted by molar-refractivity contribution is 6.32. The van der Waals surface area contributed by atoms with E-state index in [1.807, 2.05) is 26.0 Å². The largest absolute Gasteiger partial charge is 0.442 e. The van der Waals surface area contributed by atoms with E-state index < -0.39 is 12.0 Å². The number of benzene rings is 1. The molecular formula is C20H20ClN5O3. The molecule has 8 nitrogen and oxygen atoms in total. The van der Waals surface area contributed by atoms with Crippen molar-refractivity contribution in [1.29, 1.82) is 5.26 Å². The Kier molecular flexibility index (Phi) is 5.73. The third kappa shape index (κ3) is 4.01. The number of nitriles is 1. The van der Waals surface area contributed by atoms with E-state index in [-0.39, 0.29) is 17.5 Å². The lowest BCUT2D eigenvalue weighted by Gasteiger charge is -2.10. The summed E-state index contributed by atoms with van der Waals surface area (Å²) in [7, 11) is 0. The summed E-state index contributed by atoms with van der Waals surface area (Å²) in [6, 6.07) is 7.38. The third-order valence-corrected chi connectivity index (χ3v) is 5.08. The van der Waals surface area contributed by atoms with Gasteiger partial charge in [0.25, 0.3) is 5.91 Å². The van der Waals surface area contributed by atoms with Crippen LogP contribution in [0, 0.1) is 18.3 Å². The molecule has 29 heavy (non-hydrogen) atoms. The average Bonchev–Trinajstić information content (AvgIpc) is 3.31. The fraction of sp³-hybridized carbons (Fsp3) is 0.300. The van der Waals surface area contributed by atoms with Gasteiger partial charge in [0.15, 0.2) is 5.69 Å². The monoisotopic (exact) mass is 413 g/mol. The maximum Gasteiger partial charge on any atom is 0.270 e. The van der Waals surface area contributed by atoms with Crippen molar-refractivity contribution in [3.8, 4) is 17.3 Å². The van der Waals surface area contributed by atoms with Crippen LogP contribution in [0.2, 0.25) is 5.02 Å². The molecule has 9 heteroatoms. The van der Waals surface area contributed by atoms with Gasteiger partial charge in [-0.05, 0) is 31.5 Å². The van der Waals surface area contributed by atoms with Crippen molar-refractivity contribution in [2.24, 2.45) is 5.73 Å². The van der Waals surface area contributed by atoms with E-state index >= 15 is 0 Å². The fourth-order valence-electron chi connectivity index (χ4n) is 3.06. The second-order valence-electron chi connectivity index (χ2n) is 6.84. The molecule has 3 N–H and O–H groups in total. The van der Waals surface area contributed by atoms with Crippen LogP contribution in [-0.2, 0) is 6.54 Å². The molecule has 150 valence electrons. The maximum absolute atomic E-state index is 11.7. The number of halogens is 1. The molecule has 2 aromatic heterocycles. The zero-order valence-corrected chi connectivity index (χ0v) is 16.9. The number of rotatable bonds is 6. The molecular weight excluding hydrogens is 394 g/mol. The van der Waals surface area contributed by atoms with Gasteiger partial charge in [0.2, 0.25) is 5.89 Å². The van der Waals surface area contributed by atoms with Gasteiger partial charge in [-0.3, -0.25) is 9.48 Å². The number of carbonyl (C=O) groups is 1. The summed E-state index contributed by atoms with van der Waals surface area (Å²) in [5.74, 6) is -0.630. The molecule has 0 spiro atoms. The zero-order chi connectivity index (χ0) is 21.3. The van der Waals surface area contributed by atoms with Crippen molar-refractivity contribution >= 4 is 17.5 Å². The normalized spacial score (nSPS) is 13.1. The Morgan fingerprint density at radius 2 is 2.14 bits per heavy atom. The van der Waals surface area contributed by atoms with Crippen LogP contribution < -0.4 is 5.73 Å². The molecule has 0 saturated carbocycles. The topological polar surface area (TPSA) is 131 Å². The Morgan fingerprint density at radius 1 is 1.41 bits per heavy atom. The van der Waals surface area contributed by atoms with Crippen LogP contribution in [0.5, 0.6) is 0 Å². The van der Waals surface area contributed by atoms with E-state index in [0.717, 1.165) is 11.1 Å². The summed E-state index contributed by atoms with van der Waals surface area (Å²) in [6.45, 7) is 5.59. The molecule has 0 aliphatic heterocycles. The quantitative estimate of drug-likeness (QED) is 0.637. The van der Waals surface area contributed by atoms with Crippen LogP contribution in [0.15, 0.2) is 28.8 Å². The van der Waals surface area contributed by atoms with Gasteiger partial charge in [-0.15, -0.1) is 0 Å². The van der Waals surface area contributed by atoms with E-state index in [0.29, 0.717) is 28.6 Å². The van der Waals surface area contributed by atoms with Gasteiger partial charge >= 0.3 is 0 Å². The predicted molar refractivity (Wildman–Crippen MR) is 106 cm³/mol. The van der Waals surface area contributed by atoms with Crippen LogP contribution in [0.4, 0.5) is 0 Å². The first-order valence-electron chi connectivity index (χ1n) is 8.94. The molecule has 1 aromatic carbocycles. The van der Waals surface area contributed by atoms with Crippen LogP contribution in [0.1, 0.15) is 59.1 Å². The Bertz CT molecular complexity index is 1110. The second kappa shape index (κ2) is 8.07. The lowest BCUT2D eigenvalue weighted by Crippen LogP contribution is -2.16. The van der Waals surface area contributed by atoms with Crippen molar-refractivity contribution < 1.29 is 14.3 Å². The smallest absolute Gasteiger partial charge is 0.270 e. The van der Waals surface area contributed by atoms with Crippen molar-refractivity contribution in [3.63, 3.8) is 0 Å². The van der Waals surface area contributed by atoms with Gasteiger partial charge in [0.05, 0.1) is 22.8 Å². The summed E-state index contributed by atoms with van der Waals surface area (Å²) in [5, 5.41) is 23.7. The van der Waals surface area contributed by atoms with E-state index in [9.17, 15) is 9.90 Å². The van der Waals surface area contributed by atoms with E-state index in [4.69, 9.17) is 27.0 Å². The van der Waals surface area contributed by atoms with Gasteiger partial charge in [-0.2, -0.15) is 10.4 Å². The second-order valence-corrected chi connectivity index (χ2v) is 7.22. The Hall–Kier alpha value is -3.15. The van der Waals surface area contributed by atoms with Gasteiger partial charge in [0, 0.05) is 17.7 Å². The Labute approximate surface area is 172 Å². The minimum Gasteiger partial charge on any atom is -0.442 e. The molecule has 0 aliphatic rings. The summed E-state index contributed by atoms with van der Waals surface area (Å²) in [6.07, 6.45) is 0.849. The molecule has 3 aromatic rings. The number of carbonyl (C=O) groups excluding carboxylic acids is 1. The van der Waals surface area contributed by atoms with Crippen molar-refractivity contribution in [2.75, 3.05) is 0 Å². The van der Waals surface area contributed by atoms with Crippen molar-refractivity contribution in [3.05, 3.63) is 57.9 Å². The lowest BCUT2D eigenvalue weighted by molar-refractivity contribution is 0.0993. The lowest BCUT2D eigenvalue weighted by atomic mass is 10.0. The summed E-state index contributed by atoms with van der Waals surface area (Å²) < 4.78 is 7.28. The molecule has 0 saturated heterocycles. The minimum absolute atomic E-state index is 0.00972. The molecule has 0 aliphatic carbocycles. The number of hydrogen-bond acceptors (Lipinski definition) is 6. The molecule has 1 amide bonds. The number of primary amides is 1. The number of nitrogens with two attached hydrogens (primary N) is 1. The maximum atomic E-state index is 11.7. The third-order valence-electron chi connectivity index (χ3n) is 4.59. The highest BCUT2D eigenvalue weighted by Gasteiger charge is 2.25. The number of nitrogens with zero attached hydrogens (tertiary/aromatic N) is 4. The van der Waals surface area contributed by atoms with E-state index in [1.165, 1.54) is 6.92 Å². The number of amides is 1. The number of aliphatic hydroxyl groups is 1. The van der Waals surface area contributed by atoms with Crippen LogP contribution in [0.3, 0.4) is 0 Å². The summed E-state index contributed by atoms with van der Waals surface area (Å²) in [5.41, 5.74) is 8.13. The van der Waals surface area contributed by atoms with Crippen molar-refractivity contribution in [2.45, 2.75) is 39.3 Å². The molecule has 3 rings (SSSR count). The van der Waals surface area contributed by atoms with Crippen LogP contribution in [0.25, 0.3) is 11.3 Å². The number of hydrogen-bond donors (Lipinski definition) is 2. The molecule has 0 fully saturated rings. The number of aromatic nitrogens is 3. The molecule has 2 atom stereocenters. The molecule has 2 heterocycles. The van der Waals surface area contributed by atoms with Gasteiger partial charge in [-0.1, -0.05) is 24.6 Å². The fourth-order valence-corrected chi connectivity index (χ4v) is 3.26. The highest BCUT2D eigenvalue weighted by atomic mass is 35.5. The number of oxazole rings is 1. The van der Waals surface area contributed by atoms with Gasteiger partial charge in [-0.25, -0.2) is 4.98 Å². The van der Waals surface area contributed by atoms with E-state index in [2.05, 4.69) is 16.2 Å². The first-order valence-corrected chi connectivity index (χ1v) is 9.32. The zero-order valence-electron chi connectivity index (χ0n) is 16.2. The summed E-state index contributed by atoms with van der Waals surface area (Å²) >= 11 is 6.25. The minimum atomic E-state index is -0.950. The molecule has 0 bridgehead atoms. The Morgan fingerprint density at radius 3 is 2.76 bits per heavy atom. The average molecular weight is 414 g/mol. The van der Waals surface area contributed by atoms with Crippen LogP contribution in [-0.4, -0.2) is 25.8 Å².